The van der Waals surface area contributed by atoms with E-state index in [-0.39, 0.29) is 35.4 Å². The second kappa shape index (κ2) is 6.40. The second-order valence-corrected chi connectivity index (χ2v) is 8.94. The van der Waals surface area contributed by atoms with E-state index in [0.29, 0.717) is 24.7 Å². The molecule has 5 heteroatoms. The van der Waals surface area contributed by atoms with Gasteiger partial charge in [0.05, 0.1) is 0 Å². The molecule has 0 saturated heterocycles. The molecule has 0 aromatic carbocycles. The summed E-state index contributed by atoms with van der Waals surface area (Å²) in [6, 6.07) is 0. The molecule has 0 radical (unpaired) electrons. The standard InChI is InChI=1S/C20H31NO4/c1-19-10-8-14-12(13(19)5-6-15(19)18(25)21-3)4-7-16(22)20(14,2)11-9-17(23)24/h12-15H,4-11H2,1-3H3,(H,21,25)(H,23,24). The summed E-state index contributed by atoms with van der Waals surface area (Å²) in [4.78, 5) is 36.2. The number of Topliss-reactive ketones (excluding diaryl/α,β-unsaturated/α-hetero) is 1. The summed E-state index contributed by atoms with van der Waals surface area (Å²) < 4.78 is 0. The zero-order valence-corrected chi connectivity index (χ0v) is 15.6. The van der Waals surface area contributed by atoms with Gasteiger partial charge in [0.2, 0.25) is 5.91 Å². The summed E-state index contributed by atoms with van der Waals surface area (Å²) in [5.74, 6) is 0.859. The number of carboxylic acid groups (broad SMARTS) is 1. The Hall–Kier alpha value is -1.39. The van der Waals surface area contributed by atoms with E-state index in [0.717, 1.165) is 32.1 Å². The highest BCUT2D eigenvalue weighted by molar-refractivity contribution is 5.86. The van der Waals surface area contributed by atoms with E-state index in [4.69, 9.17) is 5.11 Å². The van der Waals surface area contributed by atoms with E-state index in [1.807, 2.05) is 6.92 Å². The summed E-state index contributed by atoms with van der Waals surface area (Å²) in [6.45, 7) is 4.27. The molecule has 2 N–H and O–H groups in total. The van der Waals surface area contributed by atoms with Crippen LogP contribution in [0.15, 0.2) is 0 Å². The Morgan fingerprint density at radius 3 is 2.52 bits per heavy atom. The number of nitrogens with one attached hydrogen (secondary N) is 1. The molecule has 0 heterocycles. The van der Waals surface area contributed by atoms with Crippen molar-refractivity contribution in [3.8, 4) is 0 Å². The van der Waals surface area contributed by atoms with Crippen LogP contribution in [0.4, 0.5) is 0 Å². The number of hydrogen-bond donors (Lipinski definition) is 2. The molecule has 3 aliphatic carbocycles. The fraction of sp³-hybridized carbons (Fsp3) is 0.850. The van der Waals surface area contributed by atoms with Crippen LogP contribution in [0.2, 0.25) is 0 Å². The van der Waals surface area contributed by atoms with Gasteiger partial charge in [-0.3, -0.25) is 14.4 Å². The first-order valence-electron chi connectivity index (χ1n) is 9.70. The first-order valence-corrected chi connectivity index (χ1v) is 9.70. The molecule has 1 amide bonds. The van der Waals surface area contributed by atoms with Gasteiger partial charge in [-0.05, 0) is 61.7 Å². The number of hydrogen-bond acceptors (Lipinski definition) is 3. The average molecular weight is 349 g/mol. The molecule has 0 bridgehead atoms. The molecular weight excluding hydrogens is 318 g/mol. The molecule has 0 aliphatic heterocycles. The highest BCUT2D eigenvalue weighted by atomic mass is 16.4. The maximum absolute atomic E-state index is 12.7. The Kier molecular flexibility index (Phi) is 4.71. The molecule has 3 aliphatic rings. The number of fused-ring (bicyclic) bond motifs is 3. The van der Waals surface area contributed by atoms with Gasteiger partial charge in [-0.1, -0.05) is 13.8 Å². The Balaban J connectivity index is 1.86. The number of carboxylic acids is 1. The van der Waals surface area contributed by atoms with Crippen molar-refractivity contribution in [2.45, 2.75) is 65.2 Å². The lowest BCUT2D eigenvalue weighted by Crippen LogP contribution is -2.53. The predicted octanol–water partition coefficient (Wildman–Crippen LogP) is 3.03. The SMILES string of the molecule is CNC(=O)C1CCC2C3CCC(=O)C(C)(CCC(=O)O)C3CCC12C. The van der Waals surface area contributed by atoms with Crippen molar-refractivity contribution in [1.29, 1.82) is 0 Å². The van der Waals surface area contributed by atoms with E-state index >= 15 is 0 Å². The van der Waals surface area contributed by atoms with Crippen molar-refractivity contribution in [3.63, 3.8) is 0 Å². The van der Waals surface area contributed by atoms with Gasteiger partial charge in [0, 0.05) is 31.2 Å². The van der Waals surface area contributed by atoms with Crippen molar-refractivity contribution in [2.75, 3.05) is 7.05 Å². The van der Waals surface area contributed by atoms with Gasteiger partial charge < -0.3 is 10.4 Å². The maximum atomic E-state index is 12.7. The Bertz CT molecular complexity index is 588. The number of ketones is 1. The molecule has 6 atom stereocenters. The molecule has 0 spiro atoms. The normalized spacial score (nSPS) is 43.2. The lowest BCUT2D eigenvalue weighted by molar-refractivity contribution is -0.150. The van der Waals surface area contributed by atoms with Crippen LogP contribution in [0, 0.1) is 34.5 Å². The number of amides is 1. The number of carbonyl (C=O) groups excluding carboxylic acids is 2. The summed E-state index contributed by atoms with van der Waals surface area (Å²) in [5, 5.41) is 11.9. The quantitative estimate of drug-likeness (QED) is 0.817. The summed E-state index contributed by atoms with van der Waals surface area (Å²) in [7, 11) is 1.72. The summed E-state index contributed by atoms with van der Waals surface area (Å²) in [5.41, 5.74) is -0.483. The van der Waals surface area contributed by atoms with E-state index in [2.05, 4.69) is 12.2 Å². The highest BCUT2D eigenvalue weighted by Crippen LogP contribution is 2.64. The zero-order valence-electron chi connectivity index (χ0n) is 15.6. The molecular formula is C20H31NO4. The molecule has 6 unspecified atom stereocenters. The monoisotopic (exact) mass is 349 g/mol. The van der Waals surface area contributed by atoms with Gasteiger partial charge in [0.25, 0.3) is 0 Å². The van der Waals surface area contributed by atoms with Crippen LogP contribution >= 0.6 is 0 Å². The highest BCUT2D eigenvalue weighted by Gasteiger charge is 2.60. The predicted molar refractivity (Wildman–Crippen MR) is 93.8 cm³/mol. The zero-order chi connectivity index (χ0) is 18.4. The third-order valence-electron chi connectivity index (χ3n) is 8.02. The summed E-state index contributed by atoms with van der Waals surface area (Å²) >= 11 is 0. The van der Waals surface area contributed by atoms with Crippen LogP contribution < -0.4 is 5.32 Å². The molecule has 0 aromatic rings. The van der Waals surface area contributed by atoms with Gasteiger partial charge in [0.15, 0.2) is 0 Å². The van der Waals surface area contributed by atoms with Crippen LogP contribution in [0.5, 0.6) is 0 Å². The minimum Gasteiger partial charge on any atom is -0.481 e. The van der Waals surface area contributed by atoms with Crippen molar-refractivity contribution in [3.05, 3.63) is 0 Å². The first-order chi connectivity index (χ1) is 11.7. The molecule has 25 heavy (non-hydrogen) atoms. The van der Waals surface area contributed by atoms with Gasteiger partial charge >= 0.3 is 5.97 Å². The molecule has 140 valence electrons. The Morgan fingerprint density at radius 2 is 1.88 bits per heavy atom. The van der Waals surface area contributed by atoms with E-state index < -0.39 is 11.4 Å². The third kappa shape index (κ3) is 2.80. The molecule has 3 fully saturated rings. The lowest BCUT2D eigenvalue weighted by Gasteiger charge is -2.55. The van der Waals surface area contributed by atoms with Crippen LogP contribution in [-0.4, -0.2) is 29.8 Å². The molecule has 5 nitrogen and oxygen atoms in total. The molecule has 3 rings (SSSR count). The second-order valence-electron chi connectivity index (χ2n) is 8.94. The van der Waals surface area contributed by atoms with Crippen molar-refractivity contribution < 1.29 is 19.5 Å². The summed E-state index contributed by atoms with van der Waals surface area (Å²) in [6.07, 6.45) is 5.88. The van der Waals surface area contributed by atoms with Crippen LogP contribution in [0.3, 0.4) is 0 Å². The number of rotatable bonds is 4. The number of aliphatic carboxylic acids is 1. The Morgan fingerprint density at radius 1 is 1.16 bits per heavy atom. The van der Waals surface area contributed by atoms with E-state index in [1.54, 1.807) is 7.05 Å². The molecule has 0 aromatic heterocycles. The average Bonchev–Trinajstić information content (AvgIpc) is 2.93. The Labute approximate surface area is 149 Å². The van der Waals surface area contributed by atoms with Crippen molar-refractivity contribution in [1.82, 2.24) is 5.32 Å². The van der Waals surface area contributed by atoms with Crippen molar-refractivity contribution in [2.24, 2.45) is 34.5 Å². The number of carbonyl (C=O) groups is 3. The van der Waals surface area contributed by atoms with Gasteiger partial charge in [-0.15, -0.1) is 0 Å². The largest absolute Gasteiger partial charge is 0.481 e. The van der Waals surface area contributed by atoms with Crippen LogP contribution in [0.1, 0.15) is 65.2 Å². The van der Waals surface area contributed by atoms with E-state index in [9.17, 15) is 14.4 Å². The van der Waals surface area contributed by atoms with Crippen LogP contribution in [-0.2, 0) is 14.4 Å². The third-order valence-corrected chi connectivity index (χ3v) is 8.02. The fourth-order valence-electron chi connectivity index (χ4n) is 6.57. The van der Waals surface area contributed by atoms with Gasteiger partial charge in [-0.25, -0.2) is 0 Å². The fourth-order valence-corrected chi connectivity index (χ4v) is 6.57. The lowest BCUT2D eigenvalue weighted by atomic mass is 9.48. The van der Waals surface area contributed by atoms with Gasteiger partial charge in [0.1, 0.15) is 5.78 Å². The van der Waals surface area contributed by atoms with Crippen LogP contribution in [0.25, 0.3) is 0 Å². The first kappa shape index (κ1) is 18.4. The minimum atomic E-state index is -0.822. The van der Waals surface area contributed by atoms with Gasteiger partial charge in [-0.2, -0.15) is 0 Å². The van der Waals surface area contributed by atoms with Crippen molar-refractivity contribution >= 4 is 17.7 Å². The maximum Gasteiger partial charge on any atom is 0.303 e. The van der Waals surface area contributed by atoms with E-state index in [1.165, 1.54) is 0 Å². The smallest absolute Gasteiger partial charge is 0.303 e. The molecule has 3 saturated carbocycles. The topological polar surface area (TPSA) is 83.5 Å². The minimum absolute atomic E-state index is 0.0232.